The minimum atomic E-state index is -0.507. The number of carbonyl (C=O) groups excluding carboxylic acids is 1. The average Bonchev–Trinajstić information content (AvgIpc) is 3.21. The number of anilines is 1. The van der Waals surface area contributed by atoms with Crippen LogP contribution < -0.4 is 10.1 Å². The molecule has 0 spiro atoms. The SMILES string of the molecule is CCOC(=O)C1=C(C)Nc2nnnn2[C@H]1c1ccc(OCc2ccccc2Cl)cc1. The van der Waals surface area contributed by atoms with Crippen LogP contribution in [0.1, 0.15) is 31.0 Å². The maximum absolute atomic E-state index is 12.6. The minimum absolute atomic E-state index is 0.277. The summed E-state index contributed by atoms with van der Waals surface area (Å²) in [5.74, 6) is 0.736. The molecule has 2 aromatic carbocycles. The van der Waals surface area contributed by atoms with Crippen LogP contribution in [0.2, 0.25) is 5.02 Å². The number of fused-ring (bicyclic) bond motifs is 1. The molecule has 0 saturated carbocycles. The standard InChI is InChI=1S/C21H20ClN5O3/c1-3-29-20(28)18-13(2)23-21-24-25-26-27(21)19(18)14-8-10-16(11-9-14)30-12-15-6-4-5-7-17(15)22/h4-11,19H,3,12H2,1-2H3,(H,23,24,26)/t19-/m0/s1. The summed E-state index contributed by atoms with van der Waals surface area (Å²) in [6, 6.07) is 14.5. The van der Waals surface area contributed by atoms with E-state index in [0.717, 1.165) is 11.1 Å². The fourth-order valence-electron chi connectivity index (χ4n) is 3.32. The van der Waals surface area contributed by atoms with Crippen LogP contribution in [0.25, 0.3) is 0 Å². The normalized spacial score (nSPS) is 15.4. The van der Waals surface area contributed by atoms with Gasteiger partial charge in [0.1, 0.15) is 18.4 Å². The van der Waals surface area contributed by atoms with Crippen LogP contribution in [0.3, 0.4) is 0 Å². The highest BCUT2D eigenvalue weighted by Crippen LogP contribution is 2.35. The Bertz CT molecular complexity index is 1090. The van der Waals surface area contributed by atoms with Gasteiger partial charge in [0.15, 0.2) is 0 Å². The number of aromatic nitrogens is 4. The predicted octanol–water partition coefficient (Wildman–Crippen LogP) is 3.76. The zero-order chi connectivity index (χ0) is 21.1. The number of allylic oxidation sites excluding steroid dienone is 1. The van der Waals surface area contributed by atoms with Crippen LogP contribution in [0.15, 0.2) is 59.8 Å². The predicted molar refractivity (Wildman–Crippen MR) is 111 cm³/mol. The second-order valence-electron chi connectivity index (χ2n) is 6.68. The highest BCUT2D eigenvalue weighted by Gasteiger charge is 2.34. The van der Waals surface area contributed by atoms with E-state index in [1.165, 1.54) is 0 Å². The number of nitrogens with zero attached hydrogens (tertiary/aromatic N) is 4. The van der Waals surface area contributed by atoms with Gasteiger partial charge in [0, 0.05) is 16.3 Å². The van der Waals surface area contributed by atoms with Gasteiger partial charge in [-0.05, 0) is 48.0 Å². The van der Waals surface area contributed by atoms with Gasteiger partial charge in [-0.3, -0.25) is 0 Å². The van der Waals surface area contributed by atoms with E-state index in [9.17, 15) is 4.79 Å². The van der Waals surface area contributed by atoms with Crippen molar-refractivity contribution in [1.29, 1.82) is 0 Å². The maximum atomic E-state index is 12.6. The molecule has 1 atom stereocenters. The van der Waals surface area contributed by atoms with Crippen molar-refractivity contribution in [2.45, 2.75) is 26.5 Å². The Labute approximate surface area is 178 Å². The molecule has 0 aliphatic carbocycles. The number of esters is 1. The molecule has 0 saturated heterocycles. The van der Waals surface area contributed by atoms with Gasteiger partial charge in [-0.25, -0.2) is 4.79 Å². The van der Waals surface area contributed by atoms with Crippen LogP contribution in [0, 0.1) is 0 Å². The summed E-state index contributed by atoms with van der Waals surface area (Å²) in [5, 5.41) is 15.5. The molecule has 9 heteroatoms. The lowest BCUT2D eigenvalue weighted by molar-refractivity contribution is -0.139. The maximum Gasteiger partial charge on any atom is 0.338 e. The number of benzene rings is 2. The van der Waals surface area contributed by atoms with E-state index in [-0.39, 0.29) is 6.61 Å². The summed E-state index contributed by atoms with van der Waals surface area (Å²) in [7, 11) is 0. The molecule has 1 aliphatic heterocycles. The Balaban J connectivity index is 1.60. The van der Waals surface area contributed by atoms with Gasteiger partial charge < -0.3 is 14.8 Å². The average molecular weight is 426 g/mol. The molecule has 1 aromatic heterocycles. The van der Waals surface area contributed by atoms with Gasteiger partial charge >= 0.3 is 5.97 Å². The molecular formula is C21H20ClN5O3. The summed E-state index contributed by atoms with van der Waals surface area (Å²) in [5.41, 5.74) is 2.85. The van der Waals surface area contributed by atoms with E-state index in [4.69, 9.17) is 21.1 Å². The van der Waals surface area contributed by atoms with Crippen molar-refractivity contribution in [3.05, 3.63) is 76.0 Å². The molecule has 4 rings (SSSR count). The summed E-state index contributed by atoms with van der Waals surface area (Å²) in [6.45, 7) is 4.21. The molecule has 0 fully saturated rings. The van der Waals surface area contributed by atoms with Gasteiger partial charge in [-0.1, -0.05) is 47.0 Å². The van der Waals surface area contributed by atoms with Crippen molar-refractivity contribution >= 4 is 23.5 Å². The summed E-state index contributed by atoms with van der Waals surface area (Å²) < 4.78 is 12.7. The van der Waals surface area contributed by atoms with Crippen LogP contribution in [0.5, 0.6) is 5.75 Å². The van der Waals surface area contributed by atoms with Gasteiger partial charge in [0.05, 0.1) is 12.2 Å². The molecule has 8 nitrogen and oxygen atoms in total. The topological polar surface area (TPSA) is 91.2 Å². The van der Waals surface area contributed by atoms with Crippen LogP contribution in [0.4, 0.5) is 5.95 Å². The Morgan fingerprint density at radius 3 is 2.70 bits per heavy atom. The van der Waals surface area contributed by atoms with E-state index in [1.54, 1.807) is 18.5 Å². The molecule has 154 valence electrons. The monoisotopic (exact) mass is 425 g/mol. The minimum Gasteiger partial charge on any atom is -0.489 e. The van der Waals surface area contributed by atoms with Crippen molar-refractivity contribution in [3.63, 3.8) is 0 Å². The fourth-order valence-corrected chi connectivity index (χ4v) is 3.51. The van der Waals surface area contributed by atoms with E-state index in [0.29, 0.717) is 34.6 Å². The Morgan fingerprint density at radius 2 is 1.97 bits per heavy atom. The molecule has 0 bridgehead atoms. The first-order valence-corrected chi connectivity index (χ1v) is 9.85. The van der Waals surface area contributed by atoms with E-state index in [1.807, 2.05) is 48.5 Å². The molecule has 1 N–H and O–H groups in total. The number of hydrogen-bond donors (Lipinski definition) is 1. The van der Waals surface area contributed by atoms with Crippen LogP contribution in [-0.2, 0) is 16.1 Å². The first-order valence-electron chi connectivity index (χ1n) is 9.47. The first kappa shape index (κ1) is 19.9. The largest absolute Gasteiger partial charge is 0.489 e. The highest BCUT2D eigenvalue weighted by atomic mass is 35.5. The zero-order valence-corrected chi connectivity index (χ0v) is 17.3. The van der Waals surface area contributed by atoms with Gasteiger partial charge in [0.25, 0.3) is 0 Å². The smallest absolute Gasteiger partial charge is 0.338 e. The van der Waals surface area contributed by atoms with Gasteiger partial charge in [0.2, 0.25) is 5.95 Å². The molecular weight excluding hydrogens is 406 g/mol. The Hall–Kier alpha value is -3.39. The lowest BCUT2D eigenvalue weighted by Gasteiger charge is -2.27. The first-order chi connectivity index (χ1) is 14.6. The number of carbonyl (C=O) groups is 1. The van der Waals surface area contributed by atoms with Crippen molar-refractivity contribution in [2.75, 3.05) is 11.9 Å². The second-order valence-corrected chi connectivity index (χ2v) is 7.09. The highest BCUT2D eigenvalue weighted by molar-refractivity contribution is 6.31. The van der Waals surface area contributed by atoms with Crippen molar-refractivity contribution in [3.8, 4) is 5.75 Å². The third-order valence-corrected chi connectivity index (χ3v) is 5.13. The zero-order valence-electron chi connectivity index (χ0n) is 16.5. The molecule has 0 amide bonds. The summed E-state index contributed by atoms with van der Waals surface area (Å²) in [6.07, 6.45) is 0. The fraction of sp³-hybridized carbons (Fsp3) is 0.238. The Morgan fingerprint density at radius 1 is 1.20 bits per heavy atom. The number of halogens is 1. The molecule has 30 heavy (non-hydrogen) atoms. The van der Waals surface area contributed by atoms with E-state index in [2.05, 4.69) is 20.8 Å². The number of rotatable bonds is 6. The van der Waals surface area contributed by atoms with Crippen molar-refractivity contribution in [1.82, 2.24) is 20.2 Å². The molecule has 3 aromatic rings. The molecule has 0 radical (unpaired) electrons. The third-order valence-electron chi connectivity index (χ3n) is 4.76. The van der Waals surface area contributed by atoms with E-state index < -0.39 is 12.0 Å². The number of ether oxygens (including phenoxy) is 2. The number of tetrazole rings is 1. The lowest BCUT2D eigenvalue weighted by Crippen LogP contribution is -2.29. The molecule has 2 heterocycles. The summed E-state index contributed by atoms with van der Waals surface area (Å²) in [4.78, 5) is 12.6. The Kier molecular flexibility index (Phi) is 5.67. The van der Waals surface area contributed by atoms with Gasteiger partial charge in [-0.15, -0.1) is 0 Å². The van der Waals surface area contributed by atoms with Crippen molar-refractivity contribution in [2.24, 2.45) is 0 Å². The number of hydrogen-bond acceptors (Lipinski definition) is 7. The van der Waals surface area contributed by atoms with Crippen LogP contribution in [-0.4, -0.2) is 32.8 Å². The molecule has 0 unspecified atom stereocenters. The van der Waals surface area contributed by atoms with Gasteiger partial charge in [-0.2, -0.15) is 4.68 Å². The van der Waals surface area contributed by atoms with Crippen molar-refractivity contribution < 1.29 is 14.3 Å². The quantitative estimate of drug-likeness (QED) is 0.601. The summed E-state index contributed by atoms with van der Waals surface area (Å²) >= 11 is 6.18. The van der Waals surface area contributed by atoms with E-state index >= 15 is 0 Å². The number of nitrogens with one attached hydrogen (secondary N) is 1. The second kappa shape index (κ2) is 8.54. The lowest BCUT2D eigenvalue weighted by atomic mass is 9.96. The van der Waals surface area contributed by atoms with Crippen LogP contribution >= 0.6 is 11.6 Å². The molecule has 1 aliphatic rings. The third kappa shape index (κ3) is 3.86.